The van der Waals surface area contributed by atoms with Gasteiger partial charge in [0.25, 0.3) is 0 Å². The molecule has 1 unspecified atom stereocenters. The molecule has 68 valence electrons. The molecule has 0 heterocycles. The first kappa shape index (κ1) is 11.6. The van der Waals surface area contributed by atoms with E-state index < -0.39 is 0 Å². The molecule has 0 aromatic carbocycles. The molecule has 1 atom stereocenters. The molecule has 2 heteroatoms. The van der Waals surface area contributed by atoms with Crippen LogP contribution in [0.25, 0.3) is 0 Å². The molecule has 0 saturated heterocycles. The second kappa shape index (κ2) is 8.67. The van der Waals surface area contributed by atoms with Crippen molar-refractivity contribution in [3.05, 3.63) is 0 Å². The summed E-state index contributed by atoms with van der Waals surface area (Å²) < 4.78 is 0. The van der Waals surface area contributed by atoms with E-state index >= 15 is 0 Å². The van der Waals surface area contributed by atoms with Gasteiger partial charge >= 0.3 is 0 Å². The van der Waals surface area contributed by atoms with Crippen LogP contribution in [0.4, 0.5) is 0 Å². The number of alkyl halides is 2. The van der Waals surface area contributed by atoms with Gasteiger partial charge in [-0.25, -0.2) is 0 Å². The van der Waals surface area contributed by atoms with Crippen LogP contribution in [0.15, 0.2) is 0 Å². The van der Waals surface area contributed by atoms with Crippen molar-refractivity contribution in [1.82, 2.24) is 0 Å². The van der Waals surface area contributed by atoms with Crippen LogP contribution in [-0.2, 0) is 0 Å². The molecule has 0 saturated carbocycles. The van der Waals surface area contributed by atoms with Crippen LogP contribution in [0.5, 0.6) is 0 Å². The van der Waals surface area contributed by atoms with Gasteiger partial charge < -0.3 is 0 Å². The molecule has 0 spiro atoms. The quantitative estimate of drug-likeness (QED) is 0.424. The maximum atomic E-state index is 6.03. The average Bonchev–Trinajstić information content (AvgIpc) is 1.99. The Hall–Kier alpha value is 0.580. The Morgan fingerprint density at radius 3 is 2.36 bits per heavy atom. The van der Waals surface area contributed by atoms with Gasteiger partial charge in [-0.3, -0.25) is 0 Å². The zero-order chi connectivity index (χ0) is 8.53. The lowest BCUT2D eigenvalue weighted by Crippen LogP contribution is -1.97. The summed E-state index contributed by atoms with van der Waals surface area (Å²) >= 11 is 11.6. The summed E-state index contributed by atoms with van der Waals surface area (Å²) in [4.78, 5) is 0. The molecule has 0 aliphatic carbocycles. The van der Waals surface area contributed by atoms with Gasteiger partial charge in [-0.2, -0.15) is 0 Å². The lowest BCUT2D eigenvalue weighted by Gasteiger charge is -2.06. The van der Waals surface area contributed by atoms with Gasteiger partial charge in [0.15, 0.2) is 0 Å². The number of rotatable bonds is 7. The summed E-state index contributed by atoms with van der Waals surface area (Å²) in [7, 11) is 0. The van der Waals surface area contributed by atoms with Crippen molar-refractivity contribution in [1.29, 1.82) is 0 Å². The van der Waals surface area contributed by atoms with Crippen molar-refractivity contribution < 1.29 is 0 Å². The SMILES string of the molecule is CCCC(Cl)CCCCCCl. The smallest absolute Gasteiger partial charge is 0.0336 e. The number of hydrogen-bond donors (Lipinski definition) is 0. The van der Waals surface area contributed by atoms with E-state index in [1.165, 1.54) is 19.3 Å². The minimum Gasteiger partial charge on any atom is -0.127 e. The Bertz CT molecular complexity index is 74.0. The third kappa shape index (κ3) is 8.49. The first-order valence-corrected chi connectivity index (χ1v) is 5.48. The topological polar surface area (TPSA) is 0 Å². The van der Waals surface area contributed by atoms with Crippen LogP contribution in [0.3, 0.4) is 0 Å². The van der Waals surface area contributed by atoms with E-state index in [2.05, 4.69) is 6.92 Å². The van der Waals surface area contributed by atoms with E-state index in [4.69, 9.17) is 23.2 Å². The number of hydrogen-bond acceptors (Lipinski definition) is 0. The fourth-order valence-electron chi connectivity index (χ4n) is 1.09. The molecule has 0 bridgehead atoms. The largest absolute Gasteiger partial charge is 0.127 e. The van der Waals surface area contributed by atoms with Crippen LogP contribution in [0.1, 0.15) is 45.4 Å². The van der Waals surface area contributed by atoms with Crippen molar-refractivity contribution in [3.63, 3.8) is 0 Å². The van der Waals surface area contributed by atoms with Gasteiger partial charge in [0.05, 0.1) is 0 Å². The molecular formula is C9H18Cl2. The Morgan fingerprint density at radius 1 is 1.09 bits per heavy atom. The van der Waals surface area contributed by atoms with Gasteiger partial charge in [-0.15, -0.1) is 23.2 Å². The van der Waals surface area contributed by atoms with Gasteiger partial charge in [0, 0.05) is 11.3 Å². The van der Waals surface area contributed by atoms with E-state index in [1.54, 1.807) is 0 Å². The van der Waals surface area contributed by atoms with Crippen molar-refractivity contribution in [2.24, 2.45) is 0 Å². The average molecular weight is 197 g/mol. The summed E-state index contributed by atoms with van der Waals surface area (Å²) in [6, 6.07) is 0. The fraction of sp³-hybridized carbons (Fsp3) is 1.00. The first-order valence-electron chi connectivity index (χ1n) is 4.51. The van der Waals surface area contributed by atoms with Gasteiger partial charge in [0.2, 0.25) is 0 Å². The monoisotopic (exact) mass is 196 g/mol. The zero-order valence-electron chi connectivity index (χ0n) is 7.28. The lowest BCUT2D eigenvalue weighted by atomic mass is 10.1. The van der Waals surface area contributed by atoms with E-state index in [9.17, 15) is 0 Å². The zero-order valence-corrected chi connectivity index (χ0v) is 8.79. The molecular weight excluding hydrogens is 179 g/mol. The molecule has 0 N–H and O–H groups in total. The van der Waals surface area contributed by atoms with Crippen molar-refractivity contribution >= 4 is 23.2 Å². The van der Waals surface area contributed by atoms with Crippen LogP contribution in [0, 0.1) is 0 Å². The molecule has 0 aromatic rings. The first-order chi connectivity index (χ1) is 5.31. The highest BCUT2D eigenvalue weighted by Gasteiger charge is 2.01. The molecule has 0 nitrogen and oxygen atoms in total. The summed E-state index contributed by atoms with van der Waals surface area (Å²) in [5, 5.41) is 0.398. The Morgan fingerprint density at radius 2 is 1.82 bits per heavy atom. The van der Waals surface area contributed by atoms with Gasteiger partial charge in [0.1, 0.15) is 0 Å². The maximum absolute atomic E-state index is 6.03. The van der Waals surface area contributed by atoms with E-state index in [-0.39, 0.29) is 0 Å². The molecule has 0 aliphatic rings. The summed E-state index contributed by atoms with van der Waals surface area (Å²) in [6.45, 7) is 2.17. The minimum absolute atomic E-state index is 0.398. The fourth-order valence-corrected chi connectivity index (χ4v) is 1.66. The predicted molar refractivity (Wildman–Crippen MR) is 53.7 cm³/mol. The molecule has 0 aromatic heterocycles. The maximum Gasteiger partial charge on any atom is 0.0336 e. The van der Waals surface area contributed by atoms with Crippen molar-refractivity contribution in [2.75, 3.05) is 5.88 Å². The van der Waals surface area contributed by atoms with Crippen LogP contribution >= 0.6 is 23.2 Å². The van der Waals surface area contributed by atoms with Gasteiger partial charge in [-0.1, -0.05) is 26.2 Å². The van der Waals surface area contributed by atoms with Crippen LogP contribution < -0.4 is 0 Å². The van der Waals surface area contributed by atoms with Crippen LogP contribution in [0.2, 0.25) is 0 Å². The van der Waals surface area contributed by atoms with Crippen LogP contribution in [-0.4, -0.2) is 11.3 Å². The Kier molecular flexibility index (Phi) is 9.13. The minimum atomic E-state index is 0.398. The molecule has 0 rings (SSSR count). The second-order valence-corrected chi connectivity index (χ2v) is 3.92. The van der Waals surface area contributed by atoms with Crippen molar-refractivity contribution in [3.8, 4) is 0 Å². The Balaban J connectivity index is 2.97. The highest BCUT2D eigenvalue weighted by molar-refractivity contribution is 6.20. The van der Waals surface area contributed by atoms with E-state index in [1.807, 2.05) is 0 Å². The number of halogens is 2. The summed E-state index contributed by atoms with van der Waals surface area (Å²) in [5.41, 5.74) is 0. The highest BCUT2D eigenvalue weighted by Crippen LogP contribution is 2.13. The molecule has 0 radical (unpaired) electrons. The van der Waals surface area contributed by atoms with E-state index in [0.717, 1.165) is 25.1 Å². The van der Waals surface area contributed by atoms with E-state index in [0.29, 0.717) is 5.38 Å². The predicted octanol–water partition coefficient (Wildman–Crippen LogP) is 4.19. The third-order valence-electron chi connectivity index (χ3n) is 1.75. The molecule has 0 aliphatic heterocycles. The van der Waals surface area contributed by atoms with Crippen molar-refractivity contribution in [2.45, 2.75) is 50.8 Å². The molecule has 0 fully saturated rings. The lowest BCUT2D eigenvalue weighted by molar-refractivity contribution is 0.610. The number of unbranched alkanes of at least 4 members (excludes halogenated alkanes) is 2. The normalized spacial score (nSPS) is 13.4. The highest BCUT2D eigenvalue weighted by atomic mass is 35.5. The Labute approximate surface area is 80.3 Å². The third-order valence-corrected chi connectivity index (χ3v) is 2.46. The molecule has 0 amide bonds. The van der Waals surface area contributed by atoms with Gasteiger partial charge in [-0.05, 0) is 19.3 Å². The summed E-state index contributed by atoms with van der Waals surface area (Å²) in [5.74, 6) is 0.792. The standard InChI is InChI=1S/C9H18Cl2/c1-2-6-9(11)7-4-3-5-8-10/h9H,2-8H2,1H3. The molecule has 11 heavy (non-hydrogen) atoms. The second-order valence-electron chi connectivity index (χ2n) is 2.92. The summed E-state index contributed by atoms with van der Waals surface area (Å²) in [6.07, 6.45) is 7.12.